The van der Waals surface area contributed by atoms with Crippen LogP contribution >= 0.6 is 0 Å². The topological polar surface area (TPSA) is 56.8 Å². The van der Waals surface area contributed by atoms with Gasteiger partial charge in [0, 0.05) is 37.0 Å². The standard InChI is InChI=1S/C28H26F5N5/c29-11-4-12-38-15-20(16-38)35-23-10-8-19(14-34-23)24(18-7-9-22-21(13-18)28(33)37-36-22)25(26(30)27(31)32)17-5-2-1-3-6-17/h1-3,5-10,13-14,20,26-27H,4,11-12,15-16H2,(H,34,35)(H,36,37). The van der Waals surface area contributed by atoms with Gasteiger partial charge in [0.15, 0.2) is 6.17 Å². The first-order valence-corrected chi connectivity index (χ1v) is 12.3. The maximum Gasteiger partial charge on any atom is 0.273 e. The van der Waals surface area contributed by atoms with Gasteiger partial charge in [-0.15, -0.1) is 0 Å². The maximum absolute atomic E-state index is 15.3. The van der Waals surface area contributed by atoms with E-state index in [1.54, 1.807) is 54.6 Å². The molecule has 1 aliphatic heterocycles. The summed E-state index contributed by atoms with van der Waals surface area (Å²) in [6, 6.07) is 16.3. The fraction of sp³-hybridized carbons (Fsp3) is 0.286. The molecule has 38 heavy (non-hydrogen) atoms. The molecule has 0 radical (unpaired) electrons. The van der Waals surface area contributed by atoms with Gasteiger partial charge < -0.3 is 5.32 Å². The lowest BCUT2D eigenvalue weighted by atomic mass is 9.87. The number of benzene rings is 2. The number of rotatable bonds is 10. The Morgan fingerprint density at radius 2 is 1.76 bits per heavy atom. The molecule has 3 heterocycles. The number of hydrogen-bond acceptors (Lipinski definition) is 4. The van der Waals surface area contributed by atoms with E-state index in [9.17, 15) is 17.6 Å². The Labute approximate surface area is 216 Å². The normalized spacial score (nSPS) is 15.9. The molecule has 2 aromatic heterocycles. The fourth-order valence-corrected chi connectivity index (χ4v) is 4.76. The highest BCUT2D eigenvalue weighted by Gasteiger charge is 2.30. The van der Waals surface area contributed by atoms with E-state index in [4.69, 9.17) is 0 Å². The van der Waals surface area contributed by atoms with Gasteiger partial charge >= 0.3 is 0 Å². The lowest BCUT2D eigenvalue weighted by Crippen LogP contribution is -2.54. The number of aromatic amines is 1. The molecule has 5 rings (SSSR count). The van der Waals surface area contributed by atoms with E-state index in [1.807, 2.05) is 0 Å². The second-order valence-corrected chi connectivity index (χ2v) is 9.24. The van der Waals surface area contributed by atoms with Crippen LogP contribution in [0.5, 0.6) is 0 Å². The van der Waals surface area contributed by atoms with Crippen molar-refractivity contribution < 1.29 is 22.0 Å². The summed E-state index contributed by atoms with van der Waals surface area (Å²) in [7, 11) is 0. The molecule has 1 unspecified atom stereocenters. The van der Waals surface area contributed by atoms with Crippen molar-refractivity contribution in [3.05, 3.63) is 89.5 Å². The first-order chi connectivity index (χ1) is 18.4. The Bertz CT molecular complexity index is 1400. The summed E-state index contributed by atoms with van der Waals surface area (Å²) in [6.07, 6.45) is -3.88. The summed E-state index contributed by atoms with van der Waals surface area (Å²) in [4.78, 5) is 6.59. The molecule has 1 fully saturated rings. The number of pyridine rings is 1. The lowest BCUT2D eigenvalue weighted by molar-refractivity contribution is 0.0801. The third kappa shape index (κ3) is 5.40. The van der Waals surface area contributed by atoms with Crippen molar-refractivity contribution >= 4 is 27.9 Å². The number of nitrogens with one attached hydrogen (secondary N) is 2. The number of aromatic nitrogens is 3. The van der Waals surface area contributed by atoms with E-state index in [-0.39, 0.29) is 34.8 Å². The van der Waals surface area contributed by atoms with Crippen molar-refractivity contribution in [2.24, 2.45) is 0 Å². The van der Waals surface area contributed by atoms with Crippen LogP contribution in [0.25, 0.3) is 22.0 Å². The average Bonchev–Trinajstić information content (AvgIpc) is 3.29. The van der Waals surface area contributed by atoms with Crippen molar-refractivity contribution in [2.45, 2.75) is 25.1 Å². The molecule has 198 valence electrons. The highest BCUT2D eigenvalue weighted by molar-refractivity contribution is 6.01. The SMILES string of the molecule is FCCCN1CC(Nc2ccc(C(=C(c3ccccc3)C(F)C(F)F)c3ccc4n[nH]c(F)c4c3)cn2)C1. The van der Waals surface area contributed by atoms with Gasteiger partial charge in [0.25, 0.3) is 6.43 Å². The van der Waals surface area contributed by atoms with Gasteiger partial charge in [-0.25, -0.2) is 18.2 Å². The second-order valence-electron chi connectivity index (χ2n) is 9.24. The van der Waals surface area contributed by atoms with Crippen LogP contribution in [0.15, 0.2) is 66.9 Å². The van der Waals surface area contributed by atoms with Gasteiger partial charge in [-0.1, -0.05) is 36.4 Å². The van der Waals surface area contributed by atoms with Gasteiger partial charge in [0.05, 0.1) is 23.6 Å². The number of H-pyrrole nitrogens is 1. The number of halogens is 5. The summed E-state index contributed by atoms with van der Waals surface area (Å²) in [5.74, 6) is -0.0988. The van der Waals surface area contributed by atoms with Gasteiger partial charge in [-0.2, -0.15) is 9.49 Å². The van der Waals surface area contributed by atoms with Crippen LogP contribution in [0.4, 0.5) is 27.8 Å². The lowest BCUT2D eigenvalue weighted by Gasteiger charge is -2.39. The molecular weight excluding hydrogens is 501 g/mol. The Morgan fingerprint density at radius 3 is 2.45 bits per heavy atom. The smallest absolute Gasteiger partial charge is 0.273 e. The molecule has 0 amide bonds. The molecule has 0 bridgehead atoms. The van der Waals surface area contributed by atoms with Crippen molar-refractivity contribution in [1.82, 2.24) is 20.1 Å². The predicted octanol–water partition coefficient (Wildman–Crippen LogP) is 6.12. The van der Waals surface area contributed by atoms with Crippen LogP contribution in [0.3, 0.4) is 0 Å². The third-order valence-electron chi connectivity index (χ3n) is 6.62. The van der Waals surface area contributed by atoms with E-state index in [2.05, 4.69) is 25.4 Å². The zero-order chi connectivity index (χ0) is 26.6. The molecule has 0 saturated carbocycles. The fourth-order valence-electron chi connectivity index (χ4n) is 4.76. The summed E-state index contributed by atoms with van der Waals surface area (Å²) in [5, 5.41) is 9.61. The van der Waals surface area contributed by atoms with E-state index in [1.165, 1.54) is 12.3 Å². The number of allylic oxidation sites excluding steroid dienone is 1. The minimum Gasteiger partial charge on any atom is -0.365 e. The Hall–Kier alpha value is -3.79. The largest absolute Gasteiger partial charge is 0.365 e. The van der Waals surface area contributed by atoms with Crippen LogP contribution < -0.4 is 5.32 Å². The van der Waals surface area contributed by atoms with Crippen molar-refractivity contribution in [1.29, 1.82) is 0 Å². The third-order valence-corrected chi connectivity index (χ3v) is 6.62. The zero-order valence-corrected chi connectivity index (χ0v) is 20.3. The molecule has 2 N–H and O–H groups in total. The predicted molar refractivity (Wildman–Crippen MR) is 138 cm³/mol. The summed E-state index contributed by atoms with van der Waals surface area (Å²) >= 11 is 0. The molecule has 1 atom stereocenters. The number of likely N-dealkylation sites (tertiary alicyclic amines) is 1. The monoisotopic (exact) mass is 527 g/mol. The first kappa shape index (κ1) is 25.8. The molecular formula is C28H26F5N5. The summed E-state index contributed by atoms with van der Waals surface area (Å²) in [5.41, 5.74) is 1.37. The number of fused-ring (bicyclic) bond motifs is 1. The summed E-state index contributed by atoms with van der Waals surface area (Å²) < 4.78 is 69.7. The van der Waals surface area contributed by atoms with E-state index in [0.717, 1.165) is 13.1 Å². The van der Waals surface area contributed by atoms with Crippen molar-refractivity contribution in [3.63, 3.8) is 0 Å². The maximum atomic E-state index is 15.3. The quantitative estimate of drug-likeness (QED) is 0.193. The second kappa shape index (κ2) is 11.3. The molecule has 4 aromatic rings. The molecule has 0 spiro atoms. The van der Waals surface area contributed by atoms with Gasteiger partial charge in [0.2, 0.25) is 5.95 Å². The van der Waals surface area contributed by atoms with Gasteiger partial charge in [0.1, 0.15) is 5.82 Å². The Kier molecular flexibility index (Phi) is 7.69. The zero-order valence-electron chi connectivity index (χ0n) is 20.3. The summed E-state index contributed by atoms with van der Waals surface area (Å²) in [6.45, 7) is 1.89. The van der Waals surface area contributed by atoms with Crippen molar-refractivity contribution in [3.8, 4) is 0 Å². The van der Waals surface area contributed by atoms with Crippen LogP contribution in [0.2, 0.25) is 0 Å². The Balaban J connectivity index is 1.55. The van der Waals surface area contributed by atoms with Crippen LogP contribution in [-0.2, 0) is 0 Å². The average molecular weight is 528 g/mol. The number of anilines is 1. The van der Waals surface area contributed by atoms with Crippen LogP contribution in [-0.4, -0.2) is 65.0 Å². The van der Waals surface area contributed by atoms with Crippen molar-refractivity contribution in [2.75, 3.05) is 31.6 Å². The minimum atomic E-state index is -3.28. The Morgan fingerprint density at radius 1 is 1.00 bits per heavy atom. The van der Waals surface area contributed by atoms with Crippen LogP contribution in [0.1, 0.15) is 23.1 Å². The molecule has 1 saturated heterocycles. The highest BCUT2D eigenvalue weighted by Crippen LogP contribution is 2.38. The number of nitrogens with zero attached hydrogens (tertiary/aromatic N) is 3. The first-order valence-electron chi connectivity index (χ1n) is 12.3. The van der Waals surface area contributed by atoms with E-state index in [0.29, 0.717) is 35.4 Å². The van der Waals surface area contributed by atoms with E-state index < -0.39 is 18.5 Å². The van der Waals surface area contributed by atoms with Gasteiger partial charge in [-0.05, 0) is 47.4 Å². The van der Waals surface area contributed by atoms with Crippen LogP contribution in [0, 0.1) is 5.95 Å². The minimum absolute atomic E-state index is 0.156. The van der Waals surface area contributed by atoms with Gasteiger partial charge in [-0.3, -0.25) is 14.4 Å². The number of hydrogen-bond donors (Lipinski definition) is 2. The highest BCUT2D eigenvalue weighted by atomic mass is 19.3. The molecule has 10 heteroatoms. The molecule has 2 aromatic carbocycles. The molecule has 1 aliphatic rings. The number of alkyl halides is 4. The van der Waals surface area contributed by atoms with E-state index >= 15 is 4.39 Å². The molecule has 5 nitrogen and oxygen atoms in total. The molecule has 0 aliphatic carbocycles.